The Morgan fingerprint density at radius 1 is 0.660 bits per heavy atom. The zero-order valence-electron chi connectivity index (χ0n) is 31.2. The lowest BCUT2D eigenvalue weighted by Crippen LogP contribution is -2.37. The van der Waals surface area contributed by atoms with Crippen molar-refractivity contribution >= 4 is 13.8 Å². The van der Waals surface area contributed by atoms with Gasteiger partial charge in [0.15, 0.2) is 6.10 Å². The number of allylic oxidation sites excluding steroid dienone is 3. The molecule has 0 saturated carbocycles. The number of likely N-dealkylation sites (N-methyl/N-ethyl adjacent to an activating group) is 1. The van der Waals surface area contributed by atoms with Gasteiger partial charge in [0.2, 0.25) is 0 Å². The van der Waals surface area contributed by atoms with E-state index in [9.17, 15) is 14.3 Å². The third-order valence-electron chi connectivity index (χ3n) is 8.09. The SMILES string of the molecule is CCCC/C=C\CCCCCCCC(=O)OCC(COP(=O)([O-])OCC[N+](C)(C)C)O/C=C\CCCCCCCCCCCCCC. The summed E-state index contributed by atoms with van der Waals surface area (Å²) in [5, 5.41) is 0. The molecule has 0 aromatic carbocycles. The van der Waals surface area contributed by atoms with Crippen molar-refractivity contribution in [2.75, 3.05) is 47.5 Å². The number of esters is 1. The van der Waals surface area contributed by atoms with Crippen LogP contribution in [0.3, 0.4) is 0 Å². The first-order valence-electron chi connectivity index (χ1n) is 19.1. The molecule has 0 spiro atoms. The molecule has 0 N–H and O–H groups in total. The van der Waals surface area contributed by atoms with Gasteiger partial charge < -0.3 is 27.9 Å². The molecule has 0 amide bonds. The molecule has 2 atom stereocenters. The molecule has 0 aromatic rings. The summed E-state index contributed by atoms with van der Waals surface area (Å²) in [5.41, 5.74) is 0. The van der Waals surface area contributed by atoms with Gasteiger partial charge in [0.05, 0.1) is 34.0 Å². The van der Waals surface area contributed by atoms with Gasteiger partial charge in [0, 0.05) is 6.42 Å². The maximum Gasteiger partial charge on any atom is 0.305 e. The van der Waals surface area contributed by atoms with E-state index < -0.39 is 13.9 Å². The first-order valence-corrected chi connectivity index (χ1v) is 20.6. The summed E-state index contributed by atoms with van der Waals surface area (Å²) < 4.78 is 34.2. The van der Waals surface area contributed by atoms with Crippen LogP contribution in [-0.2, 0) is 27.9 Å². The van der Waals surface area contributed by atoms with E-state index in [2.05, 4.69) is 26.0 Å². The quantitative estimate of drug-likeness (QED) is 0.0163. The number of phosphoric acid groups is 1. The number of carbonyl (C=O) groups is 1. The van der Waals surface area contributed by atoms with Gasteiger partial charge in [0.1, 0.15) is 19.8 Å². The maximum atomic E-state index is 12.4. The molecule has 0 radical (unpaired) electrons. The lowest BCUT2D eigenvalue weighted by molar-refractivity contribution is -0.870. The molecule has 8 nitrogen and oxygen atoms in total. The molecule has 0 fully saturated rings. The van der Waals surface area contributed by atoms with Gasteiger partial charge in [-0.15, -0.1) is 0 Å². The Morgan fingerprint density at radius 2 is 1.15 bits per heavy atom. The zero-order valence-corrected chi connectivity index (χ0v) is 32.1. The van der Waals surface area contributed by atoms with E-state index in [0.717, 1.165) is 44.9 Å². The predicted octanol–water partition coefficient (Wildman–Crippen LogP) is 10.2. The van der Waals surface area contributed by atoms with Gasteiger partial charge >= 0.3 is 5.97 Å². The molecule has 0 rings (SSSR count). The van der Waals surface area contributed by atoms with Crippen molar-refractivity contribution in [3.63, 3.8) is 0 Å². The van der Waals surface area contributed by atoms with Crippen molar-refractivity contribution < 1.29 is 37.3 Å². The lowest BCUT2D eigenvalue weighted by atomic mass is 10.0. The van der Waals surface area contributed by atoms with Crippen molar-refractivity contribution in [1.82, 2.24) is 0 Å². The van der Waals surface area contributed by atoms with E-state index in [1.165, 1.54) is 96.3 Å². The van der Waals surface area contributed by atoms with Crippen molar-refractivity contribution in [3.05, 3.63) is 24.5 Å². The monoisotopic (exact) mass is 688 g/mol. The van der Waals surface area contributed by atoms with E-state index in [1.54, 1.807) is 6.26 Å². The average molecular weight is 688 g/mol. The highest BCUT2D eigenvalue weighted by molar-refractivity contribution is 7.45. The number of unbranched alkanes of at least 4 members (excludes halogenated alkanes) is 19. The number of quaternary nitrogens is 1. The van der Waals surface area contributed by atoms with Crippen molar-refractivity contribution in [2.45, 2.75) is 168 Å². The van der Waals surface area contributed by atoms with Crippen molar-refractivity contribution in [2.24, 2.45) is 0 Å². The minimum atomic E-state index is -4.50. The van der Waals surface area contributed by atoms with Crippen LogP contribution < -0.4 is 4.89 Å². The number of phosphoric ester groups is 1. The highest BCUT2D eigenvalue weighted by atomic mass is 31.2. The number of rotatable bonds is 35. The Bertz CT molecular complexity index is 812. The fourth-order valence-corrected chi connectivity index (χ4v) is 5.71. The molecule has 0 aliphatic heterocycles. The number of nitrogens with zero attached hydrogens (tertiary/aromatic N) is 1. The smallest absolute Gasteiger partial charge is 0.305 e. The molecule has 9 heteroatoms. The van der Waals surface area contributed by atoms with E-state index in [0.29, 0.717) is 17.4 Å². The first-order chi connectivity index (χ1) is 22.6. The molecule has 0 bridgehead atoms. The normalized spacial score (nSPS) is 14.2. The Morgan fingerprint density at radius 3 is 1.70 bits per heavy atom. The van der Waals surface area contributed by atoms with E-state index >= 15 is 0 Å². The topological polar surface area (TPSA) is 94.1 Å². The summed E-state index contributed by atoms with van der Waals surface area (Å²) in [4.78, 5) is 24.7. The highest BCUT2D eigenvalue weighted by Crippen LogP contribution is 2.38. The molecule has 0 aliphatic rings. The van der Waals surface area contributed by atoms with Gasteiger partial charge in [-0.25, -0.2) is 0 Å². The lowest BCUT2D eigenvalue weighted by Gasteiger charge is -2.28. The second-order valence-electron chi connectivity index (χ2n) is 14.0. The first kappa shape index (κ1) is 45.8. The van der Waals surface area contributed by atoms with Crippen LogP contribution in [0.25, 0.3) is 0 Å². The predicted molar refractivity (Wildman–Crippen MR) is 194 cm³/mol. The molecule has 0 heterocycles. The fourth-order valence-electron chi connectivity index (χ4n) is 4.98. The summed E-state index contributed by atoms with van der Waals surface area (Å²) in [6, 6.07) is 0. The van der Waals surface area contributed by atoms with Crippen LogP contribution >= 0.6 is 7.82 Å². The summed E-state index contributed by atoms with van der Waals surface area (Å²) in [7, 11) is 1.36. The van der Waals surface area contributed by atoms with Crippen LogP contribution in [0.2, 0.25) is 0 Å². The molecule has 0 saturated heterocycles. The Labute approximate surface area is 290 Å². The van der Waals surface area contributed by atoms with Gasteiger partial charge in [-0.05, 0) is 44.6 Å². The number of hydrogen-bond acceptors (Lipinski definition) is 7. The van der Waals surface area contributed by atoms with Crippen LogP contribution in [0, 0.1) is 0 Å². The number of hydrogen-bond donors (Lipinski definition) is 0. The molecular weight excluding hydrogens is 613 g/mol. The third kappa shape index (κ3) is 35.9. The van der Waals surface area contributed by atoms with Gasteiger partial charge in [0.25, 0.3) is 7.82 Å². The number of carbonyl (C=O) groups excluding carboxylic acids is 1. The average Bonchev–Trinajstić information content (AvgIpc) is 3.01. The second kappa shape index (κ2) is 32.0. The largest absolute Gasteiger partial charge is 0.756 e. The molecule has 47 heavy (non-hydrogen) atoms. The van der Waals surface area contributed by atoms with E-state index in [1.807, 2.05) is 27.2 Å². The molecule has 0 aliphatic carbocycles. The Hall–Kier alpha value is -1.18. The van der Waals surface area contributed by atoms with Gasteiger partial charge in [-0.3, -0.25) is 9.36 Å². The standard InChI is InChI=1S/C38H74NO7P/c1-6-8-10-12-14-16-18-19-20-22-24-26-28-30-33-43-37(36-46-47(41,42)45-34-32-39(3,4)5)35-44-38(40)31-29-27-25-23-21-17-15-13-11-9-7-2/h13,15,30,33,37H,6-12,14,16-29,31-32,34-36H2,1-5H3/b15-13-,33-30-. The molecular formula is C38H74NO7P. The van der Waals surface area contributed by atoms with Gasteiger partial charge in [-0.2, -0.15) is 0 Å². The maximum absolute atomic E-state index is 12.4. The van der Waals surface area contributed by atoms with Crippen molar-refractivity contribution in [1.29, 1.82) is 0 Å². The second-order valence-corrected chi connectivity index (χ2v) is 15.4. The third-order valence-corrected chi connectivity index (χ3v) is 9.06. The van der Waals surface area contributed by atoms with Crippen LogP contribution in [0.15, 0.2) is 24.5 Å². The molecule has 2 unspecified atom stereocenters. The molecule has 0 aromatic heterocycles. The van der Waals surface area contributed by atoms with Crippen LogP contribution in [0.4, 0.5) is 0 Å². The summed E-state index contributed by atoms with van der Waals surface area (Å²) in [6.45, 7) is 4.65. The minimum absolute atomic E-state index is 0.0272. The Balaban J connectivity index is 4.37. The van der Waals surface area contributed by atoms with Gasteiger partial charge in [-0.1, -0.05) is 129 Å². The summed E-state index contributed by atoms with van der Waals surface area (Å²) in [6.07, 6.45) is 34.3. The minimum Gasteiger partial charge on any atom is -0.756 e. The summed E-state index contributed by atoms with van der Waals surface area (Å²) >= 11 is 0. The zero-order chi connectivity index (χ0) is 34.9. The van der Waals surface area contributed by atoms with E-state index in [-0.39, 0.29) is 25.8 Å². The molecule has 278 valence electrons. The van der Waals surface area contributed by atoms with E-state index in [4.69, 9.17) is 18.5 Å². The Kier molecular flexibility index (Phi) is 31.2. The summed E-state index contributed by atoms with van der Waals surface area (Å²) in [5.74, 6) is -0.303. The highest BCUT2D eigenvalue weighted by Gasteiger charge is 2.19. The van der Waals surface area contributed by atoms with Crippen LogP contribution in [0.1, 0.15) is 162 Å². The van der Waals surface area contributed by atoms with Crippen LogP contribution in [-0.4, -0.2) is 64.1 Å². The number of ether oxygens (including phenoxy) is 2. The fraction of sp³-hybridized carbons (Fsp3) is 0.868. The van der Waals surface area contributed by atoms with Crippen molar-refractivity contribution in [3.8, 4) is 0 Å². The van der Waals surface area contributed by atoms with Crippen LogP contribution in [0.5, 0.6) is 0 Å².